The van der Waals surface area contributed by atoms with Gasteiger partial charge in [-0.25, -0.2) is 0 Å². The topological polar surface area (TPSA) is 24.1 Å². The van der Waals surface area contributed by atoms with E-state index in [1.165, 1.54) is 22.4 Å². The highest BCUT2D eigenvalue weighted by atomic mass is 14.9. The summed E-state index contributed by atoms with van der Waals surface area (Å²) in [5, 5.41) is 6.74. The van der Waals surface area contributed by atoms with E-state index in [2.05, 4.69) is 73.9 Å². The van der Waals surface area contributed by atoms with E-state index < -0.39 is 0 Å². The zero-order valence-corrected chi connectivity index (χ0v) is 12.8. The average Bonchev–Trinajstić information content (AvgIpc) is 2.46. The van der Waals surface area contributed by atoms with Crippen molar-refractivity contribution in [2.24, 2.45) is 0 Å². The summed E-state index contributed by atoms with van der Waals surface area (Å²) < 4.78 is 0. The van der Waals surface area contributed by atoms with Gasteiger partial charge in [0.2, 0.25) is 0 Å². The van der Waals surface area contributed by atoms with E-state index in [4.69, 9.17) is 0 Å². The third-order valence-corrected chi connectivity index (χ3v) is 3.64. The lowest BCUT2D eigenvalue weighted by Gasteiger charge is -2.17. The summed E-state index contributed by atoms with van der Waals surface area (Å²) in [7, 11) is 1.94. The second kappa shape index (κ2) is 6.47. The van der Waals surface area contributed by atoms with E-state index in [0.717, 1.165) is 12.2 Å². The Labute approximate surface area is 122 Å². The zero-order valence-electron chi connectivity index (χ0n) is 12.8. The maximum absolute atomic E-state index is 3.60. The van der Waals surface area contributed by atoms with Gasteiger partial charge in [0.15, 0.2) is 0 Å². The van der Waals surface area contributed by atoms with Gasteiger partial charge in [-0.3, -0.25) is 0 Å². The highest BCUT2D eigenvalue weighted by Gasteiger charge is 2.08. The Morgan fingerprint density at radius 2 is 1.70 bits per heavy atom. The van der Waals surface area contributed by atoms with Gasteiger partial charge in [-0.05, 0) is 41.7 Å². The molecule has 2 nitrogen and oxygen atoms in total. The van der Waals surface area contributed by atoms with Crippen LogP contribution < -0.4 is 10.6 Å². The molecule has 106 valence electrons. The van der Waals surface area contributed by atoms with Gasteiger partial charge in [0.05, 0.1) is 0 Å². The van der Waals surface area contributed by atoms with Gasteiger partial charge in [0.1, 0.15) is 0 Å². The molecule has 2 rings (SSSR count). The molecule has 0 aliphatic heterocycles. The third kappa shape index (κ3) is 3.32. The first kappa shape index (κ1) is 14.4. The van der Waals surface area contributed by atoms with E-state index in [1.54, 1.807) is 0 Å². The van der Waals surface area contributed by atoms with Crippen LogP contribution in [-0.2, 0) is 6.54 Å². The fourth-order valence-electron chi connectivity index (χ4n) is 2.39. The Kier molecular flexibility index (Phi) is 4.67. The first-order chi connectivity index (χ1) is 9.61. The molecule has 0 unspecified atom stereocenters. The molecule has 0 heterocycles. The number of hydrogen-bond donors (Lipinski definition) is 2. The van der Waals surface area contributed by atoms with E-state index in [9.17, 15) is 0 Å². The van der Waals surface area contributed by atoms with Crippen LogP contribution in [0.3, 0.4) is 0 Å². The van der Waals surface area contributed by atoms with Crippen molar-refractivity contribution in [1.82, 2.24) is 0 Å². The van der Waals surface area contributed by atoms with Crippen LogP contribution >= 0.6 is 0 Å². The van der Waals surface area contributed by atoms with Gasteiger partial charge in [0, 0.05) is 25.0 Å². The summed E-state index contributed by atoms with van der Waals surface area (Å²) in [6.07, 6.45) is 0. The Morgan fingerprint density at radius 1 is 1.00 bits per heavy atom. The van der Waals surface area contributed by atoms with Crippen molar-refractivity contribution >= 4 is 11.4 Å². The monoisotopic (exact) mass is 268 g/mol. The van der Waals surface area contributed by atoms with Gasteiger partial charge < -0.3 is 10.6 Å². The summed E-state index contributed by atoms with van der Waals surface area (Å²) in [6.45, 7) is 7.50. The fraction of sp³-hybridized carbons (Fsp3) is 0.333. The van der Waals surface area contributed by atoms with Crippen molar-refractivity contribution in [3.63, 3.8) is 0 Å². The number of hydrogen-bond acceptors (Lipinski definition) is 2. The first-order valence-corrected chi connectivity index (χ1v) is 7.22. The molecule has 0 aliphatic rings. The molecule has 0 aliphatic carbocycles. The maximum atomic E-state index is 3.60. The molecule has 0 aromatic heterocycles. The summed E-state index contributed by atoms with van der Waals surface area (Å²) in [5.74, 6) is 0.532. The minimum atomic E-state index is 0.532. The molecule has 0 fully saturated rings. The second-order valence-corrected chi connectivity index (χ2v) is 5.49. The maximum Gasteiger partial charge on any atom is 0.0407 e. The molecule has 0 amide bonds. The normalized spacial score (nSPS) is 10.7. The van der Waals surface area contributed by atoms with Crippen LogP contribution in [0.1, 0.15) is 36.5 Å². The Bertz CT molecular complexity index is 556. The number of aryl methyl sites for hydroxylation is 1. The van der Waals surface area contributed by atoms with Crippen molar-refractivity contribution in [3.05, 3.63) is 59.2 Å². The Balaban J connectivity index is 2.13. The van der Waals surface area contributed by atoms with Crippen molar-refractivity contribution in [1.29, 1.82) is 0 Å². The van der Waals surface area contributed by atoms with Gasteiger partial charge in [-0.15, -0.1) is 0 Å². The number of para-hydroxylation sites is 1. The van der Waals surface area contributed by atoms with Crippen LogP contribution in [-0.4, -0.2) is 7.05 Å². The van der Waals surface area contributed by atoms with Gasteiger partial charge in [0.25, 0.3) is 0 Å². The lowest BCUT2D eigenvalue weighted by molar-refractivity contribution is 0.863. The Morgan fingerprint density at radius 3 is 2.30 bits per heavy atom. The minimum Gasteiger partial charge on any atom is -0.388 e. The molecular weight excluding hydrogens is 244 g/mol. The molecule has 0 atom stereocenters. The van der Waals surface area contributed by atoms with Crippen molar-refractivity contribution in [2.45, 2.75) is 33.2 Å². The van der Waals surface area contributed by atoms with Crippen molar-refractivity contribution in [2.75, 3.05) is 17.7 Å². The average molecular weight is 268 g/mol. The van der Waals surface area contributed by atoms with Crippen LogP contribution in [0.2, 0.25) is 0 Å². The number of anilines is 2. The van der Waals surface area contributed by atoms with Crippen LogP contribution in [0, 0.1) is 6.92 Å². The summed E-state index contributed by atoms with van der Waals surface area (Å²) in [4.78, 5) is 0. The van der Waals surface area contributed by atoms with Crippen LogP contribution in [0.4, 0.5) is 11.4 Å². The van der Waals surface area contributed by atoms with Gasteiger partial charge >= 0.3 is 0 Å². The lowest BCUT2D eigenvalue weighted by atomic mass is 9.98. The molecule has 0 bridgehead atoms. The largest absolute Gasteiger partial charge is 0.388 e. The minimum absolute atomic E-state index is 0.532. The summed E-state index contributed by atoms with van der Waals surface area (Å²) >= 11 is 0. The second-order valence-electron chi connectivity index (χ2n) is 5.49. The molecule has 0 radical (unpaired) electrons. The highest BCUT2D eigenvalue weighted by molar-refractivity contribution is 5.58. The lowest BCUT2D eigenvalue weighted by Crippen LogP contribution is -2.05. The molecule has 0 spiro atoms. The highest BCUT2D eigenvalue weighted by Crippen LogP contribution is 2.27. The van der Waals surface area contributed by atoms with Gasteiger partial charge in [-0.2, -0.15) is 0 Å². The quantitative estimate of drug-likeness (QED) is 0.816. The van der Waals surface area contributed by atoms with E-state index in [1.807, 2.05) is 7.05 Å². The van der Waals surface area contributed by atoms with Crippen LogP contribution in [0.5, 0.6) is 0 Å². The Hall–Kier alpha value is -1.96. The number of benzene rings is 2. The zero-order chi connectivity index (χ0) is 14.5. The number of rotatable bonds is 5. The third-order valence-electron chi connectivity index (χ3n) is 3.64. The van der Waals surface area contributed by atoms with E-state index in [0.29, 0.717) is 5.92 Å². The SMILES string of the molecule is CNc1ccc(CNc2c(C)cccc2C(C)C)cc1. The van der Waals surface area contributed by atoms with Crippen LogP contribution in [0.15, 0.2) is 42.5 Å². The summed E-state index contributed by atoms with van der Waals surface area (Å²) in [5.41, 5.74) is 6.41. The molecule has 2 aromatic carbocycles. The van der Waals surface area contributed by atoms with Crippen molar-refractivity contribution < 1.29 is 0 Å². The molecule has 2 heteroatoms. The molecule has 2 aromatic rings. The predicted molar refractivity (Wildman–Crippen MR) is 88.6 cm³/mol. The molecule has 0 saturated carbocycles. The molecule has 20 heavy (non-hydrogen) atoms. The fourth-order valence-corrected chi connectivity index (χ4v) is 2.39. The van der Waals surface area contributed by atoms with E-state index >= 15 is 0 Å². The predicted octanol–water partition coefficient (Wildman–Crippen LogP) is 4.77. The standard InChI is InChI=1S/C18H24N2/c1-13(2)17-7-5-6-14(3)18(17)20-12-15-8-10-16(19-4)11-9-15/h5-11,13,19-20H,12H2,1-4H3. The molecule has 2 N–H and O–H groups in total. The smallest absolute Gasteiger partial charge is 0.0407 e. The van der Waals surface area contributed by atoms with Gasteiger partial charge in [-0.1, -0.05) is 44.2 Å². The van der Waals surface area contributed by atoms with Crippen LogP contribution in [0.25, 0.3) is 0 Å². The van der Waals surface area contributed by atoms with E-state index in [-0.39, 0.29) is 0 Å². The molecular formula is C18H24N2. The summed E-state index contributed by atoms with van der Waals surface area (Å²) in [6, 6.07) is 15.1. The number of nitrogens with one attached hydrogen (secondary N) is 2. The first-order valence-electron chi connectivity index (χ1n) is 7.22. The molecule has 0 saturated heterocycles. The van der Waals surface area contributed by atoms with Crippen molar-refractivity contribution in [3.8, 4) is 0 Å².